The molecule has 0 radical (unpaired) electrons. The highest BCUT2D eigenvalue weighted by Gasteiger charge is 2.08. The van der Waals surface area contributed by atoms with Gasteiger partial charge in [0, 0.05) is 5.56 Å². The predicted octanol–water partition coefficient (Wildman–Crippen LogP) is 7.14. The molecule has 0 aliphatic rings. The quantitative estimate of drug-likeness (QED) is 0.193. The molecule has 4 aromatic rings. The van der Waals surface area contributed by atoms with Crippen LogP contribution in [-0.4, -0.2) is 17.2 Å². The Labute approximate surface area is 208 Å². The summed E-state index contributed by atoms with van der Waals surface area (Å²) < 4.78 is 7.03. The first-order valence-electron chi connectivity index (χ1n) is 9.94. The molecule has 4 rings (SSSR count). The summed E-state index contributed by atoms with van der Waals surface area (Å²) in [7, 11) is 0. The molecule has 2 N–H and O–H groups in total. The van der Waals surface area contributed by atoms with Gasteiger partial charge < -0.3 is 9.84 Å². The first-order valence-corrected chi connectivity index (χ1v) is 11.5. The van der Waals surface area contributed by atoms with Crippen LogP contribution in [0.15, 0.2) is 105 Å². The zero-order valence-corrected chi connectivity index (χ0v) is 20.4. The molecular formula is C26H18Br2N2O3. The van der Waals surface area contributed by atoms with Crippen molar-refractivity contribution < 1.29 is 14.6 Å². The fraction of sp³-hybridized carbons (Fsp3) is 0. The van der Waals surface area contributed by atoms with E-state index in [-0.39, 0.29) is 11.7 Å². The van der Waals surface area contributed by atoms with Crippen LogP contribution in [0.25, 0.3) is 11.1 Å². The molecule has 1 amide bonds. The minimum absolute atomic E-state index is 0.0994. The van der Waals surface area contributed by atoms with Gasteiger partial charge in [-0.25, -0.2) is 5.43 Å². The molecule has 164 valence electrons. The van der Waals surface area contributed by atoms with E-state index in [1.54, 1.807) is 36.4 Å². The normalized spacial score (nSPS) is 10.8. The highest BCUT2D eigenvalue weighted by Crippen LogP contribution is 2.33. The Kier molecular flexibility index (Phi) is 7.22. The Morgan fingerprint density at radius 2 is 1.45 bits per heavy atom. The van der Waals surface area contributed by atoms with Crippen LogP contribution in [0, 0.1) is 0 Å². The summed E-state index contributed by atoms with van der Waals surface area (Å²) in [6.45, 7) is 0. The number of rotatable bonds is 6. The van der Waals surface area contributed by atoms with Crippen molar-refractivity contribution in [3.63, 3.8) is 0 Å². The number of amides is 1. The lowest BCUT2D eigenvalue weighted by molar-refractivity contribution is 0.0955. The number of benzene rings is 4. The van der Waals surface area contributed by atoms with Crippen molar-refractivity contribution in [1.82, 2.24) is 5.43 Å². The molecule has 0 atom stereocenters. The molecule has 7 heteroatoms. The van der Waals surface area contributed by atoms with Crippen LogP contribution in [0.5, 0.6) is 17.2 Å². The van der Waals surface area contributed by atoms with Crippen molar-refractivity contribution in [3.8, 4) is 28.4 Å². The van der Waals surface area contributed by atoms with Gasteiger partial charge in [-0.05, 0) is 91.0 Å². The standard InChI is InChI=1S/C26H18Br2N2O3/c27-23-12-17(13-24(28)25(23)31)16-29-30-26(32)20-9-5-11-22(15-20)33-21-10-4-8-19(14-21)18-6-2-1-3-7-18/h1-16,31H,(H,30,32)/b29-16+. The molecule has 4 aromatic carbocycles. The Bertz CT molecular complexity index is 1300. The summed E-state index contributed by atoms with van der Waals surface area (Å²) >= 11 is 6.53. The smallest absolute Gasteiger partial charge is 0.271 e. The van der Waals surface area contributed by atoms with Crippen molar-refractivity contribution in [1.29, 1.82) is 0 Å². The van der Waals surface area contributed by atoms with E-state index >= 15 is 0 Å². The lowest BCUT2D eigenvalue weighted by Crippen LogP contribution is -2.17. The molecule has 0 aliphatic heterocycles. The topological polar surface area (TPSA) is 70.9 Å². The summed E-state index contributed by atoms with van der Waals surface area (Å²) in [4.78, 5) is 12.5. The number of hydrazone groups is 1. The molecule has 5 nitrogen and oxygen atoms in total. The van der Waals surface area contributed by atoms with Crippen LogP contribution in [0.1, 0.15) is 15.9 Å². The molecule has 0 unspecified atom stereocenters. The van der Waals surface area contributed by atoms with Gasteiger partial charge in [-0.1, -0.05) is 48.5 Å². The van der Waals surface area contributed by atoms with Crippen LogP contribution < -0.4 is 10.2 Å². The van der Waals surface area contributed by atoms with Crippen LogP contribution in [0.2, 0.25) is 0 Å². The molecule has 33 heavy (non-hydrogen) atoms. The number of phenolic OH excluding ortho intramolecular Hbond substituents is 1. The first-order chi connectivity index (χ1) is 16.0. The van der Waals surface area contributed by atoms with Gasteiger partial charge in [0.1, 0.15) is 17.2 Å². The average molecular weight is 566 g/mol. The number of hydrogen-bond donors (Lipinski definition) is 2. The summed E-state index contributed by atoms with van der Waals surface area (Å²) in [6, 6.07) is 28.1. The van der Waals surface area contributed by atoms with E-state index in [1.807, 2.05) is 54.6 Å². The summed E-state index contributed by atoms with van der Waals surface area (Å²) in [6.07, 6.45) is 1.49. The third-order valence-electron chi connectivity index (χ3n) is 4.69. The summed E-state index contributed by atoms with van der Waals surface area (Å²) in [5, 5.41) is 13.8. The second-order valence-corrected chi connectivity index (χ2v) is 8.76. The predicted molar refractivity (Wildman–Crippen MR) is 137 cm³/mol. The number of hydrogen-bond acceptors (Lipinski definition) is 4. The Balaban J connectivity index is 1.44. The van der Waals surface area contributed by atoms with Gasteiger partial charge in [-0.3, -0.25) is 4.79 Å². The van der Waals surface area contributed by atoms with E-state index in [4.69, 9.17) is 4.74 Å². The minimum atomic E-state index is -0.369. The maximum atomic E-state index is 12.5. The van der Waals surface area contributed by atoms with Crippen LogP contribution >= 0.6 is 31.9 Å². The van der Waals surface area contributed by atoms with E-state index in [0.29, 0.717) is 31.6 Å². The SMILES string of the molecule is O=C(N/N=C/c1cc(Br)c(O)c(Br)c1)c1cccc(Oc2cccc(-c3ccccc3)c2)c1. The number of carbonyl (C=O) groups is 1. The molecule has 0 saturated heterocycles. The lowest BCUT2D eigenvalue weighted by atomic mass is 10.1. The van der Waals surface area contributed by atoms with Gasteiger partial charge in [0.15, 0.2) is 0 Å². The van der Waals surface area contributed by atoms with Crippen molar-refractivity contribution >= 4 is 44.0 Å². The Morgan fingerprint density at radius 3 is 2.18 bits per heavy atom. The third kappa shape index (κ3) is 5.88. The van der Waals surface area contributed by atoms with Crippen molar-refractivity contribution in [2.45, 2.75) is 0 Å². The number of ether oxygens (including phenoxy) is 1. The van der Waals surface area contributed by atoms with Gasteiger partial charge >= 0.3 is 0 Å². The molecule has 0 heterocycles. The van der Waals surface area contributed by atoms with E-state index in [0.717, 1.165) is 11.1 Å². The van der Waals surface area contributed by atoms with Gasteiger partial charge in [-0.15, -0.1) is 0 Å². The highest BCUT2D eigenvalue weighted by atomic mass is 79.9. The average Bonchev–Trinajstić information content (AvgIpc) is 2.83. The largest absolute Gasteiger partial charge is 0.506 e. The monoisotopic (exact) mass is 564 g/mol. The number of halogens is 2. The van der Waals surface area contributed by atoms with E-state index < -0.39 is 0 Å². The number of nitrogens with zero attached hydrogens (tertiary/aromatic N) is 1. The molecule has 0 aromatic heterocycles. The van der Waals surface area contributed by atoms with Crippen LogP contribution in [0.4, 0.5) is 0 Å². The maximum absolute atomic E-state index is 12.5. The molecule has 0 bridgehead atoms. The molecule has 0 aliphatic carbocycles. The van der Waals surface area contributed by atoms with Gasteiger partial charge in [0.05, 0.1) is 15.2 Å². The first kappa shape index (κ1) is 22.8. The second-order valence-electron chi connectivity index (χ2n) is 7.06. The lowest BCUT2D eigenvalue weighted by Gasteiger charge is -2.09. The Morgan fingerprint density at radius 1 is 0.818 bits per heavy atom. The summed E-state index contributed by atoms with van der Waals surface area (Å²) in [5.41, 5.74) is 5.76. The van der Waals surface area contributed by atoms with E-state index in [2.05, 4.69) is 42.4 Å². The molecule has 0 saturated carbocycles. The molecular weight excluding hydrogens is 548 g/mol. The summed E-state index contributed by atoms with van der Waals surface area (Å²) in [5.74, 6) is 0.951. The van der Waals surface area contributed by atoms with Gasteiger partial charge in [0.2, 0.25) is 0 Å². The van der Waals surface area contributed by atoms with Crippen molar-refractivity contribution in [3.05, 3.63) is 111 Å². The zero-order chi connectivity index (χ0) is 23.2. The highest BCUT2D eigenvalue weighted by molar-refractivity contribution is 9.11. The fourth-order valence-corrected chi connectivity index (χ4v) is 4.32. The number of carbonyl (C=O) groups excluding carboxylic acids is 1. The number of aromatic hydroxyl groups is 1. The zero-order valence-electron chi connectivity index (χ0n) is 17.2. The van der Waals surface area contributed by atoms with E-state index in [1.165, 1.54) is 6.21 Å². The third-order valence-corrected chi connectivity index (χ3v) is 5.90. The molecule has 0 fully saturated rings. The molecule has 0 spiro atoms. The van der Waals surface area contributed by atoms with Crippen LogP contribution in [0.3, 0.4) is 0 Å². The van der Waals surface area contributed by atoms with Gasteiger partial charge in [0.25, 0.3) is 5.91 Å². The van der Waals surface area contributed by atoms with Gasteiger partial charge in [-0.2, -0.15) is 5.10 Å². The Hall–Kier alpha value is -3.42. The number of phenols is 1. The van der Waals surface area contributed by atoms with Crippen LogP contribution in [-0.2, 0) is 0 Å². The minimum Gasteiger partial charge on any atom is -0.506 e. The van der Waals surface area contributed by atoms with Crippen molar-refractivity contribution in [2.24, 2.45) is 5.10 Å². The van der Waals surface area contributed by atoms with Crippen molar-refractivity contribution in [2.75, 3.05) is 0 Å². The second kappa shape index (κ2) is 10.5. The fourth-order valence-electron chi connectivity index (χ4n) is 3.10. The van der Waals surface area contributed by atoms with E-state index in [9.17, 15) is 9.90 Å². The number of nitrogens with one attached hydrogen (secondary N) is 1. The maximum Gasteiger partial charge on any atom is 0.271 e.